The summed E-state index contributed by atoms with van der Waals surface area (Å²) in [5.74, 6) is 1.30. The molecule has 3 aromatic rings. The number of carbonyl (C=O) groups is 2. The van der Waals surface area contributed by atoms with Gasteiger partial charge < -0.3 is 24.3 Å². The van der Waals surface area contributed by atoms with Crippen molar-refractivity contribution in [3.05, 3.63) is 70.7 Å². The molecule has 0 atom stereocenters. The Hall–Kier alpha value is -3.65. The standard InChI is InChI=1S/C33H42N4O4/c1-22-20-24(31(38)37-18-14-28-30(40-23(2)35-28)27-8-6-7-9-29(27)37)10-11-25(22)21-34-32(39)41-26-12-16-36(17-13-26)19-15-33(3,4)5/h6-11,20,26H,12-19,21H2,1-5H3,(H,34,39). The summed E-state index contributed by atoms with van der Waals surface area (Å²) in [5, 5.41) is 2.90. The first kappa shape index (κ1) is 28.9. The largest absolute Gasteiger partial charge is 0.446 e. The molecule has 2 aromatic carbocycles. The van der Waals surface area contributed by atoms with Crippen LogP contribution in [0.1, 0.15) is 73.1 Å². The van der Waals surface area contributed by atoms with Crippen molar-refractivity contribution in [3.8, 4) is 11.3 Å². The number of alkyl carbamates (subject to hydrolysis) is 1. The Bertz CT molecular complexity index is 1400. The number of piperidine rings is 1. The second-order valence-electron chi connectivity index (χ2n) is 12.5. The van der Waals surface area contributed by atoms with Crippen LogP contribution in [0.3, 0.4) is 0 Å². The first-order valence-electron chi connectivity index (χ1n) is 14.7. The van der Waals surface area contributed by atoms with Crippen molar-refractivity contribution in [2.75, 3.05) is 31.1 Å². The third-order valence-electron chi connectivity index (χ3n) is 8.06. The molecule has 0 aliphatic carbocycles. The molecule has 8 nitrogen and oxygen atoms in total. The van der Waals surface area contributed by atoms with Gasteiger partial charge in [0.2, 0.25) is 0 Å². The highest BCUT2D eigenvalue weighted by Crippen LogP contribution is 2.37. The topological polar surface area (TPSA) is 87.9 Å². The number of aromatic nitrogens is 1. The summed E-state index contributed by atoms with van der Waals surface area (Å²) >= 11 is 0. The second-order valence-corrected chi connectivity index (χ2v) is 12.5. The summed E-state index contributed by atoms with van der Waals surface area (Å²) in [7, 11) is 0. The van der Waals surface area contributed by atoms with Crippen molar-refractivity contribution in [3.63, 3.8) is 0 Å². The summed E-state index contributed by atoms with van der Waals surface area (Å²) in [6.45, 7) is 14.5. The molecule has 218 valence electrons. The van der Waals surface area contributed by atoms with Crippen LogP contribution in [-0.2, 0) is 17.7 Å². The van der Waals surface area contributed by atoms with Gasteiger partial charge in [0.15, 0.2) is 11.7 Å². The molecule has 1 aromatic heterocycles. The van der Waals surface area contributed by atoms with Gasteiger partial charge in [-0.15, -0.1) is 0 Å². The van der Waals surface area contributed by atoms with E-state index in [4.69, 9.17) is 9.15 Å². The van der Waals surface area contributed by atoms with E-state index in [-0.39, 0.29) is 18.1 Å². The first-order valence-corrected chi connectivity index (χ1v) is 14.7. The van der Waals surface area contributed by atoms with E-state index in [2.05, 4.69) is 36.0 Å². The molecule has 0 bridgehead atoms. The molecule has 0 unspecified atom stereocenters. The van der Waals surface area contributed by atoms with E-state index in [0.29, 0.717) is 36.4 Å². The Balaban J connectivity index is 1.16. The average Bonchev–Trinajstić information content (AvgIpc) is 3.24. The number of likely N-dealkylation sites (tertiary alicyclic amines) is 1. The number of ether oxygens (including phenoxy) is 1. The quantitative estimate of drug-likeness (QED) is 0.383. The highest BCUT2D eigenvalue weighted by molar-refractivity contribution is 6.08. The van der Waals surface area contributed by atoms with Gasteiger partial charge in [0.05, 0.1) is 11.4 Å². The lowest BCUT2D eigenvalue weighted by atomic mass is 9.91. The molecular formula is C33H42N4O4. The molecule has 8 heteroatoms. The lowest BCUT2D eigenvalue weighted by Crippen LogP contribution is -2.40. The third kappa shape index (κ3) is 6.99. The molecule has 1 saturated heterocycles. The minimum atomic E-state index is -0.389. The second kappa shape index (κ2) is 12.1. The monoisotopic (exact) mass is 558 g/mol. The van der Waals surface area contributed by atoms with Crippen LogP contribution in [0.25, 0.3) is 11.3 Å². The van der Waals surface area contributed by atoms with Crippen LogP contribution < -0.4 is 10.2 Å². The van der Waals surface area contributed by atoms with E-state index in [1.807, 2.05) is 56.3 Å². The van der Waals surface area contributed by atoms with Gasteiger partial charge in [-0.1, -0.05) is 39.0 Å². The summed E-state index contributed by atoms with van der Waals surface area (Å²) in [4.78, 5) is 35.0. The Kier molecular flexibility index (Phi) is 8.50. The fraction of sp³-hybridized carbons (Fsp3) is 0.485. The van der Waals surface area contributed by atoms with Crippen LogP contribution in [0, 0.1) is 19.3 Å². The molecule has 41 heavy (non-hydrogen) atoms. The SMILES string of the molecule is Cc1nc2c(o1)-c1ccccc1N(C(=O)c1ccc(CNC(=O)OC3CCN(CCC(C)(C)C)CC3)c(C)c1)CC2. The Morgan fingerprint density at radius 1 is 1.07 bits per heavy atom. The Labute approximate surface area is 243 Å². The minimum Gasteiger partial charge on any atom is -0.446 e. The molecule has 2 aliphatic heterocycles. The number of fused-ring (bicyclic) bond motifs is 3. The van der Waals surface area contributed by atoms with Crippen molar-refractivity contribution in [2.45, 2.75) is 73.0 Å². The number of rotatable bonds is 6. The maximum atomic E-state index is 13.7. The minimum absolute atomic E-state index is 0.0469. The number of amides is 2. The summed E-state index contributed by atoms with van der Waals surface area (Å²) in [5.41, 5.74) is 5.39. The van der Waals surface area contributed by atoms with E-state index in [1.165, 1.54) is 0 Å². The van der Waals surface area contributed by atoms with Crippen LogP contribution in [0.5, 0.6) is 0 Å². The predicted octanol–water partition coefficient (Wildman–Crippen LogP) is 6.29. The number of aryl methyl sites for hydroxylation is 2. The molecule has 0 saturated carbocycles. The van der Waals surface area contributed by atoms with Crippen LogP contribution >= 0.6 is 0 Å². The van der Waals surface area contributed by atoms with Crippen LogP contribution in [0.4, 0.5) is 10.5 Å². The number of carbonyl (C=O) groups excluding carboxylic acids is 2. The number of anilines is 1. The van der Waals surface area contributed by atoms with Gasteiger partial charge in [0, 0.05) is 50.7 Å². The Morgan fingerprint density at radius 2 is 1.83 bits per heavy atom. The van der Waals surface area contributed by atoms with Crippen molar-refractivity contribution < 1.29 is 18.7 Å². The van der Waals surface area contributed by atoms with E-state index < -0.39 is 0 Å². The lowest BCUT2D eigenvalue weighted by Gasteiger charge is -2.33. The maximum absolute atomic E-state index is 13.7. The summed E-state index contributed by atoms with van der Waals surface area (Å²) in [6, 6.07) is 13.4. The zero-order valence-corrected chi connectivity index (χ0v) is 25.0. The number of benzene rings is 2. The van der Waals surface area contributed by atoms with Gasteiger partial charge in [0.25, 0.3) is 5.91 Å². The molecule has 3 heterocycles. The van der Waals surface area contributed by atoms with Gasteiger partial charge in [-0.3, -0.25) is 4.79 Å². The van der Waals surface area contributed by atoms with Crippen molar-refractivity contribution in [2.24, 2.45) is 5.41 Å². The van der Waals surface area contributed by atoms with E-state index in [9.17, 15) is 9.59 Å². The molecule has 2 aliphatic rings. The van der Waals surface area contributed by atoms with E-state index in [1.54, 1.807) is 4.90 Å². The number of hydrogen-bond donors (Lipinski definition) is 1. The lowest BCUT2D eigenvalue weighted by molar-refractivity contribution is 0.0479. The number of hydrogen-bond acceptors (Lipinski definition) is 6. The number of oxazole rings is 1. The van der Waals surface area contributed by atoms with Gasteiger partial charge in [-0.25, -0.2) is 9.78 Å². The normalized spacial score (nSPS) is 16.1. The number of para-hydroxylation sites is 1. The van der Waals surface area contributed by atoms with E-state index >= 15 is 0 Å². The zero-order chi connectivity index (χ0) is 29.1. The average molecular weight is 559 g/mol. The fourth-order valence-corrected chi connectivity index (χ4v) is 5.59. The molecular weight excluding hydrogens is 516 g/mol. The summed E-state index contributed by atoms with van der Waals surface area (Å²) in [6.07, 6.45) is 3.07. The highest BCUT2D eigenvalue weighted by atomic mass is 16.6. The Morgan fingerprint density at radius 3 is 2.56 bits per heavy atom. The van der Waals surface area contributed by atoms with Crippen molar-refractivity contribution in [1.82, 2.24) is 15.2 Å². The van der Waals surface area contributed by atoms with Crippen molar-refractivity contribution >= 4 is 17.7 Å². The first-order chi connectivity index (χ1) is 19.6. The van der Waals surface area contributed by atoms with Gasteiger partial charge in [-0.05, 0) is 73.5 Å². The number of nitrogens with zero attached hydrogens (tertiary/aromatic N) is 3. The smallest absolute Gasteiger partial charge is 0.407 e. The summed E-state index contributed by atoms with van der Waals surface area (Å²) < 4.78 is 11.6. The molecule has 1 fully saturated rings. The van der Waals surface area contributed by atoms with Gasteiger partial charge in [-0.2, -0.15) is 0 Å². The molecule has 1 N–H and O–H groups in total. The van der Waals surface area contributed by atoms with Crippen LogP contribution in [-0.4, -0.2) is 54.2 Å². The maximum Gasteiger partial charge on any atom is 0.407 e. The van der Waals surface area contributed by atoms with Crippen molar-refractivity contribution in [1.29, 1.82) is 0 Å². The zero-order valence-electron chi connectivity index (χ0n) is 25.0. The van der Waals surface area contributed by atoms with E-state index in [0.717, 1.165) is 72.7 Å². The molecule has 0 spiro atoms. The van der Waals surface area contributed by atoms with Crippen LogP contribution in [0.15, 0.2) is 46.9 Å². The predicted molar refractivity (Wildman–Crippen MR) is 160 cm³/mol. The fourth-order valence-electron chi connectivity index (χ4n) is 5.59. The molecule has 0 radical (unpaired) electrons. The third-order valence-corrected chi connectivity index (χ3v) is 8.06. The highest BCUT2D eigenvalue weighted by Gasteiger charge is 2.28. The van der Waals surface area contributed by atoms with Gasteiger partial charge >= 0.3 is 6.09 Å². The van der Waals surface area contributed by atoms with Crippen LogP contribution in [0.2, 0.25) is 0 Å². The van der Waals surface area contributed by atoms with Gasteiger partial charge in [0.1, 0.15) is 6.10 Å². The molecule has 2 amide bonds. The molecule has 5 rings (SSSR count). The number of nitrogens with one attached hydrogen (secondary N) is 1.